The van der Waals surface area contributed by atoms with Crippen LogP contribution in [0.15, 0.2) is 49.1 Å². The molecule has 0 N–H and O–H groups in total. The van der Waals surface area contributed by atoms with Gasteiger partial charge in [0.15, 0.2) is 0 Å². The molecule has 134 valence electrons. The average Bonchev–Trinajstić information content (AvgIpc) is 2.96. The highest BCUT2D eigenvalue weighted by molar-refractivity contribution is 5.89. The molecule has 0 amide bonds. The smallest absolute Gasteiger partial charge is 0.330 e. The molecule has 2 aromatic carbocycles. The zero-order valence-electron chi connectivity index (χ0n) is 14.8. The Bertz CT molecular complexity index is 869. The molecule has 0 aromatic heterocycles. The van der Waals surface area contributed by atoms with Crippen molar-refractivity contribution in [2.75, 3.05) is 13.2 Å². The lowest BCUT2D eigenvalue weighted by atomic mass is 9.90. The first-order valence-electron chi connectivity index (χ1n) is 8.34. The van der Waals surface area contributed by atoms with E-state index in [0.717, 1.165) is 22.8 Å². The zero-order chi connectivity index (χ0) is 18.7. The van der Waals surface area contributed by atoms with Crippen LogP contribution in [0, 0.1) is 13.8 Å². The van der Waals surface area contributed by atoms with Gasteiger partial charge in [-0.3, -0.25) is 4.79 Å². The number of hydrogen-bond acceptors (Lipinski definition) is 5. The molecule has 1 atom stereocenters. The third kappa shape index (κ3) is 3.61. The summed E-state index contributed by atoms with van der Waals surface area (Å²) in [6.07, 6.45) is 1.10. The largest absolute Gasteiger partial charge is 0.490 e. The summed E-state index contributed by atoms with van der Waals surface area (Å²) in [5.41, 5.74) is 3.97. The maximum Gasteiger partial charge on any atom is 0.330 e. The molecule has 3 rings (SSSR count). The average molecular weight is 352 g/mol. The van der Waals surface area contributed by atoms with Crippen molar-refractivity contribution in [2.45, 2.75) is 19.8 Å². The van der Waals surface area contributed by atoms with Crippen molar-refractivity contribution in [3.05, 3.63) is 71.3 Å². The Labute approximate surface area is 152 Å². The minimum absolute atomic E-state index is 0.123. The summed E-state index contributed by atoms with van der Waals surface area (Å²) in [6, 6.07) is 11.2. The molecule has 1 unspecified atom stereocenters. The highest BCUT2D eigenvalue weighted by Gasteiger charge is 2.35. The van der Waals surface area contributed by atoms with E-state index < -0.39 is 11.9 Å². The molecule has 0 saturated carbocycles. The van der Waals surface area contributed by atoms with Crippen LogP contribution in [0.25, 0.3) is 0 Å². The minimum atomic E-state index is -0.489. The van der Waals surface area contributed by atoms with Gasteiger partial charge in [-0.2, -0.15) is 0 Å². The topological polar surface area (TPSA) is 61.8 Å². The predicted octanol–water partition coefficient (Wildman–Crippen LogP) is 3.46. The number of ether oxygens (including phenoxy) is 3. The lowest BCUT2D eigenvalue weighted by Gasteiger charge is -2.12. The molecule has 26 heavy (non-hydrogen) atoms. The minimum Gasteiger partial charge on any atom is -0.490 e. The molecule has 0 spiro atoms. The number of fused-ring (bicyclic) bond motifs is 1. The molecule has 5 nitrogen and oxygen atoms in total. The first-order chi connectivity index (χ1) is 12.5. The lowest BCUT2D eigenvalue weighted by Crippen LogP contribution is -2.12. The number of esters is 2. The van der Waals surface area contributed by atoms with Crippen molar-refractivity contribution < 1.29 is 23.8 Å². The Hall–Kier alpha value is -3.08. The van der Waals surface area contributed by atoms with Crippen molar-refractivity contribution in [1.82, 2.24) is 0 Å². The normalized spacial score (nSPS) is 15.2. The van der Waals surface area contributed by atoms with E-state index >= 15 is 0 Å². The number of aryl methyl sites for hydroxylation is 2. The fraction of sp³-hybridized carbons (Fsp3) is 0.238. The van der Waals surface area contributed by atoms with Crippen molar-refractivity contribution in [1.29, 1.82) is 0 Å². The van der Waals surface area contributed by atoms with Crippen molar-refractivity contribution in [3.63, 3.8) is 0 Å². The van der Waals surface area contributed by atoms with E-state index in [1.54, 1.807) is 18.2 Å². The Morgan fingerprint density at radius 1 is 1.15 bits per heavy atom. The molecule has 0 fully saturated rings. The van der Waals surface area contributed by atoms with Gasteiger partial charge >= 0.3 is 11.9 Å². The lowest BCUT2D eigenvalue weighted by molar-refractivity contribution is -0.138. The SMILES string of the molecule is C=CC(=O)OCCOc1ccc2c(c1)C(c1ccc(C)c(C)c1)C(=O)O2. The van der Waals surface area contributed by atoms with E-state index in [-0.39, 0.29) is 19.2 Å². The van der Waals surface area contributed by atoms with Crippen LogP contribution in [0.2, 0.25) is 0 Å². The summed E-state index contributed by atoms with van der Waals surface area (Å²) >= 11 is 0. The van der Waals surface area contributed by atoms with Gasteiger partial charge in [0.2, 0.25) is 0 Å². The molecule has 1 heterocycles. The van der Waals surface area contributed by atoms with Crippen LogP contribution in [-0.2, 0) is 14.3 Å². The van der Waals surface area contributed by atoms with Crippen LogP contribution in [0.1, 0.15) is 28.2 Å². The molecule has 1 aliphatic heterocycles. The second-order valence-corrected chi connectivity index (χ2v) is 6.12. The molecule has 0 aliphatic carbocycles. The third-order valence-corrected chi connectivity index (χ3v) is 4.37. The second kappa shape index (κ2) is 7.44. The fourth-order valence-corrected chi connectivity index (χ4v) is 2.85. The molecule has 0 radical (unpaired) electrons. The standard InChI is InChI=1S/C21H20O5/c1-4-19(22)25-10-9-24-16-7-8-18-17(12-16)20(21(23)26-18)15-6-5-13(2)14(3)11-15/h4-8,11-12,20H,1,9-10H2,2-3H3. The summed E-state index contributed by atoms with van der Waals surface area (Å²) in [6.45, 7) is 7.72. The van der Waals surface area contributed by atoms with Gasteiger partial charge in [0, 0.05) is 11.6 Å². The van der Waals surface area contributed by atoms with E-state index in [4.69, 9.17) is 14.2 Å². The number of carbonyl (C=O) groups excluding carboxylic acids is 2. The fourth-order valence-electron chi connectivity index (χ4n) is 2.85. The molecular formula is C21H20O5. The van der Waals surface area contributed by atoms with E-state index in [0.29, 0.717) is 11.5 Å². The molecule has 0 saturated heterocycles. The van der Waals surface area contributed by atoms with Crippen molar-refractivity contribution >= 4 is 11.9 Å². The molecule has 0 bridgehead atoms. The van der Waals surface area contributed by atoms with Crippen molar-refractivity contribution in [3.8, 4) is 11.5 Å². The predicted molar refractivity (Wildman–Crippen MR) is 96.5 cm³/mol. The van der Waals surface area contributed by atoms with E-state index in [9.17, 15) is 9.59 Å². The van der Waals surface area contributed by atoms with Gasteiger partial charge < -0.3 is 14.2 Å². The highest BCUT2D eigenvalue weighted by Crippen LogP contribution is 2.41. The highest BCUT2D eigenvalue weighted by atomic mass is 16.6. The van der Waals surface area contributed by atoms with Crippen LogP contribution >= 0.6 is 0 Å². The quantitative estimate of drug-likeness (QED) is 0.345. The Morgan fingerprint density at radius 2 is 1.96 bits per heavy atom. The summed E-state index contributed by atoms with van der Waals surface area (Å²) in [5, 5.41) is 0. The third-order valence-electron chi connectivity index (χ3n) is 4.37. The van der Waals surface area contributed by atoms with E-state index in [2.05, 4.69) is 6.58 Å². The monoisotopic (exact) mass is 352 g/mol. The Kier molecular flexibility index (Phi) is 5.07. The van der Waals surface area contributed by atoms with Gasteiger partial charge in [-0.15, -0.1) is 0 Å². The van der Waals surface area contributed by atoms with Crippen LogP contribution in [0.4, 0.5) is 0 Å². The molecule has 1 aliphatic rings. The number of carbonyl (C=O) groups is 2. The van der Waals surface area contributed by atoms with E-state index in [1.807, 2.05) is 32.0 Å². The molecule has 2 aromatic rings. The first-order valence-corrected chi connectivity index (χ1v) is 8.34. The van der Waals surface area contributed by atoms with Crippen LogP contribution in [-0.4, -0.2) is 25.2 Å². The maximum atomic E-state index is 12.4. The summed E-state index contributed by atoms with van der Waals surface area (Å²) in [5.74, 6) is -0.114. The van der Waals surface area contributed by atoms with Gasteiger partial charge in [0.25, 0.3) is 0 Å². The molecular weight excluding hydrogens is 332 g/mol. The van der Waals surface area contributed by atoms with Crippen LogP contribution in [0.5, 0.6) is 11.5 Å². The summed E-state index contributed by atoms with van der Waals surface area (Å²) < 4.78 is 15.9. The van der Waals surface area contributed by atoms with Gasteiger partial charge in [0.1, 0.15) is 30.6 Å². The zero-order valence-corrected chi connectivity index (χ0v) is 14.8. The van der Waals surface area contributed by atoms with Gasteiger partial charge in [-0.1, -0.05) is 24.8 Å². The number of benzene rings is 2. The van der Waals surface area contributed by atoms with E-state index in [1.165, 1.54) is 5.56 Å². The van der Waals surface area contributed by atoms with Gasteiger partial charge in [-0.25, -0.2) is 4.79 Å². The van der Waals surface area contributed by atoms with Gasteiger partial charge in [0.05, 0.1) is 0 Å². The number of hydrogen-bond donors (Lipinski definition) is 0. The van der Waals surface area contributed by atoms with Crippen molar-refractivity contribution in [2.24, 2.45) is 0 Å². The Morgan fingerprint density at radius 3 is 2.69 bits per heavy atom. The summed E-state index contributed by atoms with van der Waals surface area (Å²) in [4.78, 5) is 23.4. The summed E-state index contributed by atoms with van der Waals surface area (Å²) in [7, 11) is 0. The second-order valence-electron chi connectivity index (χ2n) is 6.12. The van der Waals surface area contributed by atoms with Crippen LogP contribution < -0.4 is 9.47 Å². The Balaban J connectivity index is 1.78. The van der Waals surface area contributed by atoms with Crippen LogP contribution in [0.3, 0.4) is 0 Å². The number of rotatable bonds is 6. The van der Waals surface area contributed by atoms with Gasteiger partial charge in [-0.05, 0) is 48.7 Å². The first kappa shape index (κ1) is 17.7. The molecule has 5 heteroatoms. The maximum absolute atomic E-state index is 12.4.